The first kappa shape index (κ1) is 14.1. The zero-order chi connectivity index (χ0) is 13.5. The second kappa shape index (κ2) is 5.00. The highest BCUT2D eigenvalue weighted by Gasteiger charge is 2.46. The van der Waals surface area contributed by atoms with Gasteiger partial charge in [-0.25, -0.2) is 4.79 Å². The minimum Gasteiger partial charge on any atom is -0.478 e. The summed E-state index contributed by atoms with van der Waals surface area (Å²) in [5.41, 5.74) is 1.37. The van der Waals surface area contributed by atoms with Crippen molar-refractivity contribution in [1.29, 1.82) is 0 Å². The summed E-state index contributed by atoms with van der Waals surface area (Å²) in [6.45, 7) is 1.78. The van der Waals surface area contributed by atoms with Gasteiger partial charge < -0.3 is 14.9 Å². The Kier molecular flexibility index (Phi) is 3.53. The van der Waals surface area contributed by atoms with Crippen LogP contribution in [0.15, 0.2) is 35.6 Å². The van der Waals surface area contributed by atoms with Crippen LogP contribution in [0.3, 0.4) is 0 Å². The van der Waals surface area contributed by atoms with E-state index in [1.165, 1.54) is 0 Å². The van der Waals surface area contributed by atoms with Crippen LogP contribution in [0.25, 0.3) is 10.9 Å². The third-order valence-electron chi connectivity index (χ3n) is 3.46. The lowest BCUT2D eigenvalue weighted by Gasteiger charge is -2.21. The largest absolute Gasteiger partial charge is 0.478 e. The predicted molar refractivity (Wildman–Crippen MR) is 77.9 cm³/mol. The highest BCUT2D eigenvalue weighted by Crippen LogP contribution is 2.31. The number of carboxylic acid groups (broad SMARTS) is 1. The number of carboxylic acids is 1. The van der Waals surface area contributed by atoms with Crippen LogP contribution in [0.2, 0.25) is 0 Å². The van der Waals surface area contributed by atoms with Gasteiger partial charge in [-0.15, -0.1) is 0 Å². The number of aliphatic carboxylic acids is 1. The lowest BCUT2D eigenvalue weighted by atomic mass is 9.90. The van der Waals surface area contributed by atoms with Gasteiger partial charge in [0.15, 0.2) is 0 Å². The third-order valence-corrected chi connectivity index (χ3v) is 3.46. The first-order valence-corrected chi connectivity index (χ1v) is 6.11. The molecule has 5 heteroatoms. The Hall–Kier alpha value is -2.30. The van der Waals surface area contributed by atoms with Crippen molar-refractivity contribution in [3.8, 4) is 0 Å². The molecule has 0 aliphatic carbocycles. The molecule has 1 atom stereocenters. The van der Waals surface area contributed by atoms with Crippen LogP contribution < -0.4 is 0 Å². The van der Waals surface area contributed by atoms with Gasteiger partial charge in [0.1, 0.15) is 0 Å². The Balaban J connectivity index is 0.00000147. The summed E-state index contributed by atoms with van der Waals surface area (Å²) >= 11 is 0. The molecule has 0 saturated carbocycles. The lowest BCUT2D eigenvalue weighted by Crippen LogP contribution is -2.41. The molecule has 0 amide bonds. The summed E-state index contributed by atoms with van der Waals surface area (Å²) < 4.78 is 0. The van der Waals surface area contributed by atoms with Crippen LogP contribution in [0, 0.1) is 0 Å². The second-order valence-corrected chi connectivity index (χ2v) is 4.93. The number of rotatable bonds is 3. The van der Waals surface area contributed by atoms with Crippen molar-refractivity contribution in [3.05, 3.63) is 36.0 Å². The molecule has 1 aromatic carbocycles. The number of fused-ring (bicyclic) bond motifs is 1. The Morgan fingerprint density at radius 1 is 1.50 bits per heavy atom. The summed E-state index contributed by atoms with van der Waals surface area (Å²) in [7, 11) is 0. The number of para-hydroxylation sites is 1. The van der Waals surface area contributed by atoms with Crippen molar-refractivity contribution in [2.24, 2.45) is 5.16 Å². The van der Waals surface area contributed by atoms with Crippen molar-refractivity contribution < 1.29 is 14.7 Å². The molecule has 0 unspecified atom stereocenters. The van der Waals surface area contributed by atoms with Crippen LogP contribution >= 0.6 is 0 Å². The molecule has 0 fully saturated rings. The van der Waals surface area contributed by atoms with Crippen molar-refractivity contribution in [3.63, 3.8) is 0 Å². The first-order valence-electron chi connectivity index (χ1n) is 6.11. The molecular formula is C15H18N2O3. The van der Waals surface area contributed by atoms with Crippen molar-refractivity contribution in [2.75, 3.05) is 0 Å². The molecule has 0 radical (unpaired) electrons. The molecule has 106 valence electrons. The van der Waals surface area contributed by atoms with Gasteiger partial charge in [0.05, 0.1) is 5.71 Å². The third kappa shape index (κ3) is 2.15. The maximum Gasteiger partial charge on any atom is 0.351 e. The molecule has 2 aromatic rings. The van der Waals surface area contributed by atoms with Crippen molar-refractivity contribution >= 4 is 22.6 Å². The van der Waals surface area contributed by atoms with Crippen LogP contribution in [0.1, 0.15) is 26.3 Å². The Bertz CT molecular complexity index is 675. The number of oxime groups is 1. The summed E-state index contributed by atoms with van der Waals surface area (Å²) in [5.74, 6) is -0.974. The molecule has 1 aliphatic rings. The molecule has 1 aromatic heterocycles. The highest BCUT2D eigenvalue weighted by atomic mass is 16.7. The molecular weight excluding hydrogens is 256 g/mol. The van der Waals surface area contributed by atoms with E-state index in [0.717, 1.165) is 16.5 Å². The molecule has 20 heavy (non-hydrogen) atoms. The number of benzene rings is 1. The maximum absolute atomic E-state index is 11.5. The second-order valence-electron chi connectivity index (χ2n) is 4.93. The van der Waals surface area contributed by atoms with Crippen LogP contribution in [-0.2, 0) is 16.1 Å². The molecule has 2 N–H and O–H groups in total. The fourth-order valence-electron chi connectivity index (χ4n) is 2.51. The summed E-state index contributed by atoms with van der Waals surface area (Å²) in [6, 6.07) is 7.81. The molecule has 0 bridgehead atoms. The van der Waals surface area contributed by atoms with E-state index < -0.39 is 11.6 Å². The van der Waals surface area contributed by atoms with Crippen LogP contribution in [-0.4, -0.2) is 27.4 Å². The van der Waals surface area contributed by atoms with Gasteiger partial charge in [-0.1, -0.05) is 30.8 Å². The molecule has 0 spiro atoms. The van der Waals surface area contributed by atoms with E-state index in [4.69, 9.17) is 4.84 Å². The summed E-state index contributed by atoms with van der Waals surface area (Å²) in [4.78, 5) is 19.9. The quantitative estimate of drug-likeness (QED) is 0.903. The SMILES string of the molecule is C.CC1=NO[C@@](Cc2c[nH]c3ccccc23)(C(=O)O)C1. The number of H-pyrrole nitrogens is 1. The van der Waals surface area contributed by atoms with Gasteiger partial charge >= 0.3 is 5.97 Å². The number of aromatic nitrogens is 1. The fourth-order valence-corrected chi connectivity index (χ4v) is 2.51. The average Bonchev–Trinajstić information content (AvgIpc) is 2.96. The van der Waals surface area contributed by atoms with Gasteiger partial charge in [-0.05, 0) is 18.6 Å². The summed E-state index contributed by atoms with van der Waals surface area (Å²) in [6.07, 6.45) is 2.46. The minimum absolute atomic E-state index is 0. The van der Waals surface area contributed by atoms with Gasteiger partial charge in [0, 0.05) is 29.9 Å². The smallest absolute Gasteiger partial charge is 0.351 e. The van der Waals surface area contributed by atoms with Crippen LogP contribution in [0.4, 0.5) is 0 Å². The van der Waals surface area contributed by atoms with E-state index in [0.29, 0.717) is 18.6 Å². The van der Waals surface area contributed by atoms with E-state index in [2.05, 4.69) is 10.1 Å². The normalized spacial score (nSPS) is 21.1. The molecule has 2 heterocycles. The minimum atomic E-state index is -1.27. The Morgan fingerprint density at radius 2 is 2.25 bits per heavy atom. The Morgan fingerprint density at radius 3 is 2.90 bits per heavy atom. The van der Waals surface area contributed by atoms with Gasteiger partial charge in [0.25, 0.3) is 0 Å². The van der Waals surface area contributed by atoms with E-state index in [9.17, 15) is 9.90 Å². The zero-order valence-corrected chi connectivity index (χ0v) is 10.5. The number of hydrogen-bond donors (Lipinski definition) is 2. The number of nitrogens with zero attached hydrogens (tertiary/aromatic N) is 1. The zero-order valence-electron chi connectivity index (χ0n) is 10.5. The maximum atomic E-state index is 11.5. The van der Waals surface area contributed by atoms with Gasteiger partial charge in [0.2, 0.25) is 5.60 Å². The molecule has 5 nitrogen and oxygen atoms in total. The Labute approximate surface area is 117 Å². The van der Waals surface area contributed by atoms with Crippen LogP contribution in [0.5, 0.6) is 0 Å². The fraction of sp³-hybridized carbons (Fsp3) is 0.333. The predicted octanol–water partition coefficient (Wildman–Crippen LogP) is 2.97. The number of aromatic amines is 1. The monoisotopic (exact) mass is 274 g/mol. The lowest BCUT2D eigenvalue weighted by molar-refractivity contribution is -0.162. The van der Waals surface area contributed by atoms with E-state index in [1.54, 1.807) is 6.92 Å². The van der Waals surface area contributed by atoms with Gasteiger partial charge in [-0.2, -0.15) is 0 Å². The first-order chi connectivity index (χ1) is 9.11. The standard InChI is InChI=1S/C14H14N2O3.CH4/c1-9-6-14(13(17)18,19-16-9)7-10-8-15-12-5-3-2-4-11(10)12;/h2-5,8,15H,6-7H2,1H3,(H,17,18);1H4/t14-;/m0./s1. The number of carbonyl (C=O) groups is 1. The number of nitrogens with one attached hydrogen (secondary N) is 1. The molecule has 3 rings (SSSR count). The highest BCUT2D eigenvalue weighted by molar-refractivity contribution is 5.92. The van der Waals surface area contributed by atoms with Crippen molar-refractivity contribution in [2.45, 2.75) is 32.8 Å². The molecule has 1 aliphatic heterocycles. The van der Waals surface area contributed by atoms with E-state index in [-0.39, 0.29) is 7.43 Å². The topological polar surface area (TPSA) is 74.7 Å². The van der Waals surface area contributed by atoms with Gasteiger partial charge in [-0.3, -0.25) is 0 Å². The summed E-state index contributed by atoms with van der Waals surface area (Å²) in [5, 5.41) is 14.3. The van der Waals surface area contributed by atoms with E-state index in [1.807, 2.05) is 30.5 Å². The van der Waals surface area contributed by atoms with E-state index >= 15 is 0 Å². The number of hydrogen-bond acceptors (Lipinski definition) is 3. The van der Waals surface area contributed by atoms with Crippen molar-refractivity contribution in [1.82, 2.24) is 4.98 Å². The average molecular weight is 274 g/mol. The molecule has 0 saturated heterocycles.